The molecule has 17 nitrogen and oxygen atoms in total. The molecule has 57 heavy (non-hydrogen) atoms. The Morgan fingerprint density at radius 2 is 1.37 bits per heavy atom. The predicted octanol–water partition coefficient (Wildman–Crippen LogP) is 1.83. The van der Waals surface area contributed by atoms with Crippen LogP contribution in [0.2, 0.25) is 0 Å². The molecule has 312 valence electrons. The first-order valence-electron chi connectivity index (χ1n) is 18.6. The van der Waals surface area contributed by atoms with Gasteiger partial charge in [-0.15, -0.1) is 0 Å². The molecule has 2 aromatic carbocycles. The summed E-state index contributed by atoms with van der Waals surface area (Å²) in [7, 11) is 0. The van der Waals surface area contributed by atoms with E-state index in [-0.39, 0.29) is 25.3 Å². The maximum atomic E-state index is 14.0. The normalized spacial score (nSPS) is 20.7. The fraction of sp³-hybridized carbons (Fsp3) is 0.525. The molecule has 1 aliphatic rings. The van der Waals surface area contributed by atoms with Crippen molar-refractivity contribution in [2.45, 2.75) is 116 Å². The molecule has 1 fully saturated rings. The van der Waals surface area contributed by atoms with Crippen LogP contribution in [0.15, 0.2) is 60.7 Å². The maximum Gasteiger partial charge on any atom is 0.306 e. The van der Waals surface area contributed by atoms with E-state index in [9.17, 15) is 33.6 Å². The minimum atomic E-state index is -1.51. The van der Waals surface area contributed by atoms with Crippen LogP contribution in [0.1, 0.15) is 78.5 Å². The first-order valence-corrected chi connectivity index (χ1v) is 18.6. The number of benzene rings is 2. The van der Waals surface area contributed by atoms with Crippen LogP contribution in [-0.4, -0.2) is 108 Å². The highest BCUT2D eigenvalue weighted by molar-refractivity contribution is 5.89. The Labute approximate surface area is 332 Å². The Morgan fingerprint density at radius 1 is 0.807 bits per heavy atom. The van der Waals surface area contributed by atoms with E-state index in [1.54, 1.807) is 13.8 Å². The summed E-state index contributed by atoms with van der Waals surface area (Å²) in [4.78, 5) is 90.4. The molecule has 1 saturated heterocycles. The Kier molecular flexibility index (Phi) is 17.6. The molecule has 5 N–H and O–H groups in total. The van der Waals surface area contributed by atoms with Crippen molar-refractivity contribution in [1.82, 2.24) is 10.2 Å². The van der Waals surface area contributed by atoms with Crippen LogP contribution in [0.5, 0.6) is 0 Å². The van der Waals surface area contributed by atoms with Gasteiger partial charge in [-0.05, 0) is 30.4 Å². The number of rotatable bonds is 19. The molecular weight excluding hydrogens is 744 g/mol. The van der Waals surface area contributed by atoms with Crippen LogP contribution in [0.4, 0.5) is 0 Å². The lowest BCUT2D eigenvalue weighted by Gasteiger charge is -2.46. The van der Waals surface area contributed by atoms with Gasteiger partial charge in [0.25, 0.3) is 0 Å². The molecule has 0 radical (unpaired) electrons. The number of nitrogens with zero attached hydrogens (tertiary/aromatic N) is 1. The smallest absolute Gasteiger partial charge is 0.306 e. The quantitative estimate of drug-likeness (QED) is 0.136. The van der Waals surface area contributed by atoms with Crippen molar-refractivity contribution in [1.29, 1.82) is 0 Å². The molecule has 1 heterocycles. The summed E-state index contributed by atoms with van der Waals surface area (Å²) < 4.78 is 34.3. The summed E-state index contributed by atoms with van der Waals surface area (Å²) in [6, 6.07) is 14.4. The van der Waals surface area contributed by atoms with Gasteiger partial charge in [-0.3, -0.25) is 33.6 Å². The van der Waals surface area contributed by atoms with Crippen molar-refractivity contribution in [3.8, 4) is 0 Å². The van der Waals surface area contributed by atoms with E-state index >= 15 is 0 Å². The number of amides is 3. The van der Waals surface area contributed by atoms with E-state index in [0.717, 1.165) is 36.8 Å². The second kappa shape index (κ2) is 21.8. The van der Waals surface area contributed by atoms with Crippen LogP contribution in [0.25, 0.3) is 0 Å². The fourth-order valence-electron chi connectivity index (χ4n) is 6.30. The number of carbonyl (C=O) groups excluding carboxylic acids is 7. The molecule has 0 saturated carbocycles. The number of hydrogen-bond acceptors (Lipinski definition) is 14. The Bertz CT molecular complexity index is 1650. The maximum absolute atomic E-state index is 14.0. The van der Waals surface area contributed by atoms with Crippen LogP contribution >= 0.6 is 0 Å². The second-order valence-corrected chi connectivity index (χ2v) is 14.1. The van der Waals surface area contributed by atoms with Gasteiger partial charge in [0.2, 0.25) is 24.0 Å². The lowest BCUT2D eigenvalue weighted by Crippen LogP contribution is -2.67. The topological polar surface area (TPSA) is 242 Å². The lowest BCUT2D eigenvalue weighted by molar-refractivity contribution is -0.279. The zero-order valence-electron chi connectivity index (χ0n) is 33.3. The molecule has 17 heteroatoms. The van der Waals surface area contributed by atoms with E-state index < -0.39 is 103 Å². The first kappa shape index (κ1) is 46.0. The number of nitrogens with two attached hydrogens (primary N) is 2. The van der Waals surface area contributed by atoms with E-state index in [0.29, 0.717) is 0 Å². The molecule has 1 aliphatic heterocycles. The molecule has 8 atom stereocenters. The summed E-state index contributed by atoms with van der Waals surface area (Å²) in [6.07, 6.45) is -7.84. The SMILES string of the molecule is CC(=O)N[C@H]1[C@@H](OC(C)=O)O[C@H](COC(C)=O)[C@@H](OC(C)=O)[C@@H]1OC(C)CN(C(=O)[C@@H](N)C(C)C)[C@H](CCC(=O)OC(c1ccccc1)c1ccccc1)C(N)=O. The van der Waals surface area contributed by atoms with E-state index in [2.05, 4.69) is 5.32 Å². The van der Waals surface area contributed by atoms with Gasteiger partial charge >= 0.3 is 23.9 Å². The third kappa shape index (κ3) is 13.9. The minimum Gasteiger partial charge on any atom is -0.463 e. The highest BCUT2D eigenvalue weighted by Gasteiger charge is 2.52. The third-order valence-electron chi connectivity index (χ3n) is 8.96. The van der Waals surface area contributed by atoms with Gasteiger partial charge in [0.1, 0.15) is 30.9 Å². The number of carbonyl (C=O) groups is 7. The first-order chi connectivity index (χ1) is 26.9. The van der Waals surface area contributed by atoms with Gasteiger partial charge in [-0.25, -0.2) is 0 Å². The fourth-order valence-corrected chi connectivity index (χ4v) is 6.30. The van der Waals surface area contributed by atoms with Crippen molar-refractivity contribution in [2.24, 2.45) is 17.4 Å². The molecule has 0 aliphatic carbocycles. The summed E-state index contributed by atoms with van der Waals surface area (Å²) >= 11 is 0. The van der Waals surface area contributed by atoms with Gasteiger partial charge in [-0.1, -0.05) is 74.5 Å². The van der Waals surface area contributed by atoms with Crippen molar-refractivity contribution >= 4 is 41.6 Å². The zero-order valence-corrected chi connectivity index (χ0v) is 33.3. The average Bonchev–Trinajstić information content (AvgIpc) is 3.14. The average molecular weight is 799 g/mol. The van der Waals surface area contributed by atoms with Crippen LogP contribution in [0, 0.1) is 5.92 Å². The molecule has 1 unspecified atom stereocenters. The van der Waals surface area contributed by atoms with Gasteiger partial charge in [0.05, 0.1) is 12.1 Å². The number of hydrogen-bond donors (Lipinski definition) is 3. The van der Waals surface area contributed by atoms with Gasteiger partial charge in [0.15, 0.2) is 12.2 Å². The third-order valence-corrected chi connectivity index (χ3v) is 8.96. The van der Waals surface area contributed by atoms with Crippen LogP contribution < -0.4 is 16.8 Å². The zero-order chi connectivity index (χ0) is 42.4. The standard InChI is InChI=1S/C40H54N4O13/c1-22(2)33(41)39(51)44(30(38(42)50)18-19-32(49)57-35(28-14-10-8-11-15-28)29-16-12-9-13-17-29)20-23(3)53-37-34(43-24(4)45)40(55-27(7)48)56-31(21-52-25(5)46)36(37)54-26(6)47/h8-17,22-23,30-31,33-37,40H,18-21,41H2,1-7H3,(H2,42,50)(H,43,45)/t23?,30-,31-,33+,34-,36-,37-,40+/m1/s1. The van der Waals surface area contributed by atoms with Crippen molar-refractivity contribution in [2.75, 3.05) is 13.2 Å². The molecule has 3 rings (SSSR count). The highest BCUT2D eigenvalue weighted by Crippen LogP contribution is 2.30. The van der Waals surface area contributed by atoms with Crippen molar-refractivity contribution < 1.29 is 62.0 Å². The molecule has 0 bridgehead atoms. The monoisotopic (exact) mass is 798 g/mol. The Hall–Kier alpha value is -5.39. The van der Waals surface area contributed by atoms with Gasteiger partial charge < -0.3 is 50.1 Å². The lowest BCUT2D eigenvalue weighted by atomic mass is 9.95. The number of ether oxygens (including phenoxy) is 6. The minimum absolute atomic E-state index is 0.241. The molecular formula is C40H54N4O13. The summed E-state index contributed by atoms with van der Waals surface area (Å²) in [6.45, 7) is 8.72. The second-order valence-electron chi connectivity index (χ2n) is 14.1. The van der Waals surface area contributed by atoms with Crippen molar-refractivity contribution in [3.05, 3.63) is 71.8 Å². The summed E-state index contributed by atoms with van der Waals surface area (Å²) in [5.41, 5.74) is 13.7. The Morgan fingerprint density at radius 3 is 1.84 bits per heavy atom. The summed E-state index contributed by atoms with van der Waals surface area (Å²) in [5.74, 6) is -5.51. The number of primary amides is 1. The van der Waals surface area contributed by atoms with E-state index in [4.69, 9.17) is 39.9 Å². The van der Waals surface area contributed by atoms with Gasteiger partial charge in [0, 0.05) is 40.7 Å². The van der Waals surface area contributed by atoms with E-state index in [1.165, 1.54) is 13.8 Å². The molecule has 0 spiro atoms. The van der Waals surface area contributed by atoms with Gasteiger partial charge in [-0.2, -0.15) is 0 Å². The highest BCUT2D eigenvalue weighted by atomic mass is 16.7. The van der Waals surface area contributed by atoms with E-state index in [1.807, 2.05) is 60.7 Å². The molecule has 3 amide bonds. The predicted molar refractivity (Wildman–Crippen MR) is 202 cm³/mol. The van der Waals surface area contributed by atoms with Crippen molar-refractivity contribution in [3.63, 3.8) is 0 Å². The largest absolute Gasteiger partial charge is 0.463 e. The number of esters is 4. The number of nitrogens with one attached hydrogen (secondary N) is 1. The summed E-state index contributed by atoms with van der Waals surface area (Å²) in [5, 5.41) is 2.61. The van der Waals surface area contributed by atoms with Crippen LogP contribution in [0.3, 0.4) is 0 Å². The molecule has 2 aromatic rings. The Balaban J connectivity index is 1.96. The molecule has 0 aromatic heterocycles. The van der Waals surface area contributed by atoms with Crippen LogP contribution in [-0.2, 0) is 62.0 Å².